The van der Waals surface area contributed by atoms with Crippen LogP contribution in [0.2, 0.25) is 0 Å². The van der Waals surface area contributed by atoms with Gasteiger partial charge in [-0.05, 0) is 47.7 Å². The van der Waals surface area contributed by atoms with Crippen molar-refractivity contribution in [1.82, 2.24) is 5.32 Å². The fourth-order valence-corrected chi connectivity index (χ4v) is 4.53. The second-order valence-corrected chi connectivity index (χ2v) is 8.20. The average Bonchev–Trinajstić information content (AvgIpc) is 3.14. The SMILES string of the molecule is CCCCCCCCc1ccc2cc(C3CCNC3(CO)CO)ccc2c1. The highest BCUT2D eigenvalue weighted by Crippen LogP contribution is 2.37. The summed E-state index contributed by atoms with van der Waals surface area (Å²) in [6, 6.07) is 13.4. The van der Waals surface area contributed by atoms with Gasteiger partial charge in [0.15, 0.2) is 0 Å². The molecule has 0 radical (unpaired) electrons. The maximum atomic E-state index is 9.83. The Morgan fingerprint density at radius 1 is 0.926 bits per heavy atom. The topological polar surface area (TPSA) is 52.5 Å². The van der Waals surface area contributed by atoms with Gasteiger partial charge in [0.1, 0.15) is 0 Å². The minimum atomic E-state index is -0.592. The summed E-state index contributed by atoms with van der Waals surface area (Å²) in [4.78, 5) is 0. The van der Waals surface area contributed by atoms with Gasteiger partial charge in [-0.1, -0.05) is 75.4 Å². The Hall–Kier alpha value is -1.42. The summed E-state index contributed by atoms with van der Waals surface area (Å²) < 4.78 is 0. The number of hydrogen-bond acceptors (Lipinski definition) is 3. The van der Waals surface area contributed by atoms with Crippen molar-refractivity contribution in [1.29, 1.82) is 0 Å². The van der Waals surface area contributed by atoms with E-state index in [1.807, 2.05) is 0 Å². The third kappa shape index (κ3) is 4.71. The van der Waals surface area contributed by atoms with Crippen LogP contribution in [-0.4, -0.2) is 35.5 Å². The van der Waals surface area contributed by atoms with E-state index in [0.717, 1.165) is 19.4 Å². The van der Waals surface area contributed by atoms with Crippen LogP contribution in [0.15, 0.2) is 36.4 Å². The van der Waals surface area contributed by atoms with E-state index in [4.69, 9.17) is 0 Å². The molecule has 3 nitrogen and oxygen atoms in total. The Balaban J connectivity index is 1.67. The van der Waals surface area contributed by atoms with E-state index in [2.05, 4.69) is 48.6 Å². The van der Waals surface area contributed by atoms with Crippen molar-refractivity contribution in [3.8, 4) is 0 Å². The Kier molecular flexibility index (Phi) is 7.28. The molecule has 1 saturated heterocycles. The lowest BCUT2D eigenvalue weighted by Crippen LogP contribution is -2.50. The highest BCUT2D eigenvalue weighted by Gasteiger charge is 2.42. The van der Waals surface area contributed by atoms with Crippen LogP contribution in [0, 0.1) is 0 Å². The second-order valence-electron chi connectivity index (χ2n) is 8.20. The summed E-state index contributed by atoms with van der Waals surface area (Å²) >= 11 is 0. The molecule has 3 N–H and O–H groups in total. The molecule has 1 fully saturated rings. The molecule has 0 saturated carbocycles. The monoisotopic (exact) mass is 369 g/mol. The third-order valence-electron chi connectivity index (χ3n) is 6.29. The number of rotatable bonds is 10. The molecule has 1 heterocycles. The zero-order valence-electron chi connectivity index (χ0n) is 16.7. The summed E-state index contributed by atoms with van der Waals surface area (Å²) in [7, 11) is 0. The fourth-order valence-electron chi connectivity index (χ4n) is 4.53. The zero-order valence-corrected chi connectivity index (χ0v) is 16.7. The van der Waals surface area contributed by atoms with E-state index in [0.29, 0.717) is 0 Å². The van der Waals surface area contributed by atoms with Crippen LogP contribution in [0.5, 0.6) is 0 Å². The molecule has 0 amide bonds. The maximum Gasteiger partial charge on any atom is 0.0717 e. The molecule has 0 aromatic heterocycles. The first kappa shape index (κ1) is 20.3. The van der Waals surface area contributed by atoms with Crippen molar-refractivity contribution in [2.45, 2.75) is 69.7 Å². The van der Waals surface area contributed by atoms with Crippen LogP contribution in [0.4, 0.5) is 0 Å². The van der Waals surface area contributed by atoms with Crippen molar-refractivity contribution < 1.29 is 10.2 Å². The molecule has 148 valence electrons. The molecule has 27 heavy (non-hydrogen) atoms. The number of fused-ring (bicyclic) bond motifs is 1. The van der Waals surface area contributed by atoms with Crippen molar-refractivity contribution in [3.63, 3.8) is 0 Å². The Labute approximate surface area is 163 Å². The summed E-state index contributed by atoms with van der Waals surface area (Å²) in [6.07, 6.45) is 10.1. The van der Waals surface area contributed by atoms with Crippen LogP contribution < -0.4 is 5.32 Å². The molecule has 2 aromatic rings. The predicted molar refractivity (Wildman–Crippen MR) is 113 cm³/mol. The molecule has 1 unspecified atom stereocenters. The van der Waals surface area contributed by atoms with Crippen LogP contribution in [0.3, 0.4) is 0 Å². The van der Waals surface area contributed by atoms with E-state index in [1.54, 1.807) is 0 Å². The fraction of sp³-hybridized carbons (Fsp3) is 0.583. The van der Waals surface area contributed by atoms with E-state index < -0.39 is 5.54 Å². The van der Waals surface area contributed by atoms with E-state index in [9.17, 15) is 10.2 Å². The average molecular weight is 370 g/mol. The van der Waals surface area contributed by atoms with Gasteiger partial charge in [0.05, 0.1) is 18.8 Å². The minimum absolute atomic E-state index is 0.0383. The van der Waals surface area contributed by atoms with Gasteiger partial charge in [-0.3, -0.25) is 0 Å². The smallest absolute Gasteiger partial charge is 0.0717 e. The lowest BCUT2D eigenvalue weighted by Gasteiger charge is -2.32. The van der Waals surface area contributed by atoms with Crippen LogP contribution in [0.25, 0.3) is 10.8 Å². The first-order valence-electron chi connectivity index (χ1n) is 10.7. The van der Waals surface area contributed by atoms with Gasteiger partial charge in [-0.25, -0.2) is 0 Å². The largest absolute Gasteiger partial charge is 0.394 e. The highest BCUT2D eigenvalue weighted by molar-refractivity contribution is 5.84. The van der Waals surface area contributed by atoms with Crippen molar-refractivity contribution in [2.24, 2.45) is 0 Å². The Morgan fingerprint density at radius 3 is 2.41 bits per heavy atom. The molecule has 1 atom stereocenters. The van der Waals surface area contributed by atoms with Crippen LogP contribution in [0.1, 0.15) is 68.9 Å². The Morgan fingerprint density at radius 2 is 1.63 bits per heavy atom. The standard InChI is InChI=1S/C24H35NO2/c1-2-3-4-5-6-7-8-19-9-10-21-16-22(12-11-20(21)15-19)23-13-14-25-24(23,17-26)18-27/h9-12,15-16,23,25-27H,2-8,13-14,17-18H2,1H3. The molecule has 0 spiro atoms. The Bertz CT molecular complexity index is 723. The number of hydrogen-bond donors (Lipinski definition) is 3. The predicted octanol–water partition coefficient (Wildman–Crippen LogP) is 4.54. The van der Waals surface area contributed by atoms with Gasteiger partial charge >= 0.3 is 0 Å². The van der Waals surface area contributed by atoms with Gasteiger partial charge in [0.25, 0.3) is 0 Å². The molecular formula is C24H35NO2. The van der Waals surface area contributed by atoms with Crippen molar-refractivity contribution in [3.05, 3.63) is 47.5 Å². The van der Waals surface area contributed by atoms with Crippen molar-refractivity contribution in [2.75, 3.05) is 19.8 Å². The summed E-state index contributed by atoms with van der Waals surface area (Å²) in [5.41, 5.74) is 2.04. The first-order valence-corrected chi connectivity index (χ1v) is 10.7. The van der Waals surface area contributed by atoms with Gasteiger partial charge in [-0.2, -0.15) is 0 Å². The van der Waals surface area contributed by atoms with Crippen LogP contribution >= 0.6 is 0 Å². The number of aryl methyl sites for hydroxylation is 1. The van der Waals surface area contributed by atoms with Crippen LogP contribution in [-0.2, 0) is 6.42 Å². The third-order valence-corrected chi connectivity index (χ3v) is 6.29. The number of unbranched alkanes of at least 4 members (excludes halogenated alkanes) is 5. The van der Waals surface area contributed by atoms with E-state index in [1.165, 1.54) is 60.4 Å². The molecule has 1 aliphatic rings. The number of nitrogens with one attached hydrogen (secondary N) is 1. The summed E-state index contributed by atoms with van der Waals surface area (Å²) in [5.74, 6) is 0.152. The van der Waals surface area contributed by atoms with Gasteiger partial charge in [0, 0.05) is 5.92 Å². The highest BCUT2D eigenvalue weighted by atomic mass is 16.3. The van der Waals surface area contributed by atoms with Gasteiger partial charge in [0.2, 0.25) is 0 Å². The van der Waals surface area contributed by atoms with E-state index >= 15 is 0 Å². The van der Waals surface area contributed by atoms with Crippen molar-refractivity contribution >= 4 is 10.8 Å². The second kappa shape index (κ2) is 9.68. The number of aliphatic hydroxyl groups excluding tert-OH is 2. The summed E-state index contributed by atoms with van der Waals surface area (Å²) in [6.45, 7) is 3.02. The molecule has 3 heteroatoms. The molecule has 1 aliphatic heterocycles. The molecular weight excluding hydrogens is 334 g/mol. The minimum Gasteiger partial charge on any atom is -0.394 e. The van der Waals surface area contributed by atoms with Gasteiger partial charge < -0.3 is 15.5 Å². The normalized spacial score (nSPS) is 19.0. The molecule has 0 bridgehead atoms. The first-order chi connectivity index (χ1) is 13.2. The summed E-state index contributed by atoms with van der Waals surface area (Å²) in [5, 5.41) is 25.5. The molecule has 0 aliphatic carbocycles. The lowest BCUT2D eigenvalue weighted by atomic mass is 9.81. The maximum absolute atomic E-state index is 9.83. The molecule has 3 rings (SSSR count). The number of aliphatic hydroxyl groups is 2. The molecule has 2 aromatic carbocycles. The lowest BCUT2D eigenvalue weighted by molar-refractivity contribution is 0.0936. The van der Waals surface area contributed by atoms with Gasteiger partial charge in [-0.15, -0.1) is 0 Å². The number of benzene rings is 2. The zero-order chi connectivity index (χ0) is 19.1. The quantitative estimate of drug-likeness (QED) is 0.539. The van der Waals surface area contributed by atoms with E-state index in [-0.39, 0.29) is 19.1 Å².